The first-order valence-electron chi connectivity index (χ1n) is 32.1. The summed E-state index contributed by atoms with van der Waals surface area (Å²) in [5, 5.41) is 29.7. The van der Waals surface area contributed by atoms with Crippen molar-refractivity contribution in [1.29, 1.82) is 0 Å². The fourth-order valence-electron chi connectivity index (χ4n) is 13.2. The van der Waals surface area contributed by atoms with E-state index in [1.54, 1.807) is 50.6 Å². The van der Waals surface area contributed by atoms with Crippen molar-refractivity contribution < 1.29 is 62.1 Å². The van der Waals surface area contributed by atoms with E-state index in [4.69, 9.17) is 42.7 Å². The summed E-state index contributed by atoms with van der Waals surface area (Å²) < 4.78 is 47.1. The number of amides is 4. The van der Waals surface area contributed by atoms with E-state index in [0.29, 0.717) is 131 Å². The molecule has 0 radical (unpaired) electrons. The van der Waals surface area contributed by atoms with E-state index in [1.807, 2.05) is 103 Å². The molecule has 0 bridgehead atoms. The number of furan rings is 1. The second kappa shape index (κ2) is 28.7. The van der Waals surface area contributed by atoms with Gasteiger partial charge in [0.2, 0.25) is 0 Å². The fourth-order valence-corrected chi connectivity index (χ4v) is 13.9. The predicted molar refractivity (Wildman–Crippen MR) is 367 cm³/mol. The fraction of sp³-hybridized carbons (Fsp3) is 0.307. The monoisotopic (exact) mass is 1360 g/mol. The lowest BCUT2D eigenvalue weighted by Crippen LogP contribution is -2.32. The van der Waals surface area contributed by atoms with Crippen LogP contribution in [-0.4, -0.2) is 118 Å². The summed E-state index contributed by atoms with van der Waals surface area (Å²) in [6.07, 6.45) is 3.80. The molecule has 0 spiro atoms. The van der Waals surface area contributed by atoms with Crippen molar-refractivity contribution in [3.8, 4) is 17.1 Å². The average molecular weight is 1360 g/mol. The number of rotatable bonds is 11. The summed E-state index contributed by atoms with van der Waals surface area (Å²) in [6.45, 7) is 9.66. The number of halogens is 4. The van der Waals surface area contributed by atoms with Gasteiger partial charge in [-0.15, -0.1) is 0 Å². The van der Waals surface area contributed by atoms with Crippen LogP contribution in [0.25, 0.3) is 44.2 Å². The van der Waals surface area contributed by atoms with Crippen molar-refractivity contribution in [3.05, 3.63) is 216 Å². The van der Waals surface area contributed by atoms with Crippen LogP contribution in [0.4, 0.5) is 8.78 Å². The molecule has 6 aromatic carbocycles. The van der Waals surface area contributed by atoms with Crippen molar-refractivity contribution in [2.45, 2.75) is 91.3 Å². The lowest BCUT2D eigenvalue weighted by Gasteiger charge is -2.23. The quantitative estimate of drug-likeness (QED) is 0.0542. The van der Waals surface area contributed by atoms with Crippen molar-refractivity contribution in [2.75, 3.05) is 39.5 Å². The number of nitrogens with zero attached hydrogens (tertiary/aromatic N) is 6. The number of aromatic nitrogens is 3. The molecule has 0 saturated heterocycles. The SMILES string of the molecule is CCOc1cc(C(=O)CO)cc2c1CN(C(=O)c1c(Cl)c3ccccc3n1C)CCC2.Cn1c(C(=O)N2CCCc3cc(C(=O)CO)cc(F)c3C2)c(Cl)c2ccccc21.Cn1c(C(=O)N2CCCc3cc(C(=O)NO)cc(F)c3C2)cc2oc(-c3ccc(C(C)(C)C)cc3)cc21. The Bertz CT molecular complexity index is 4670. The summed E-state index contributed by atoms with van der Waals surface area (Å²) in [7, 11) is 5.47. The molecule has 22 heteroatoms. The molecule has 3 aliphatic heterocycles. The number of hydrogen-bond donors (Lipinski definition) is 4. The van der Waals surface area contributed by atoms with Crippen LogP contribution in [0.3, 0.4) is 0 Å². The number of hydrogen-bond acceptors (Lipinski definition) is 11. The molecule has 4 N–H and O–H groups in total. The summed E-state index contributed by atoms with van der Waals surface area (Å²) in [5.41, 5.74) is 13.0. The van der Waals surface area contributed by atoms with Gasteiger partial charge in [0.25, 0.3) is 23.6 Å². The van der Waals surface area contributed by atoms with Gasteiger partial charge in [0.15, 0.2) is 17.1 Å². The highest BCUT2D eigenvalue weighted by Crippen LogP contribution is 2.38. The van der Waals surface area contributed by atoms with E-state index >= 15 is 0 Å². The number of ketones is 2. The topological polar surface area (TPSA) is 222 Å². The Hall–Kier alpha value is -9.44. The average Bonchev–Trinajstić information content (AvgIpc) is 1.65. The maximum absolute atomic E-state index is 14.9. The van der Waals surface area contributed by atoms with Crippen LogP contribution in [0.15, 0.2) is 126 Å². The summed E-state index contributed by atoms with van der Waals surface area (Å²) in [4.78, 5) is 81.0. The number of carbonyl (C=O) groups is 6. The van der Waals surface area contributed by atoms with Gasteiger partial charge < -0.3 is 47.8 Å². The molecule has 18 nitrogen and oxygen atoms in total. The van der Waals surface area contributed by atoms with E-state index in [-0.39, 0.29) is 53.1 Å². The van der Waals surface area contributed by atoms with E-state index in [1.165, 1.54) is 11.0 Å². The second-order valence-electron chi connectivity index (χ2n) is 25.6. The van der Waals surface area contributed by atoms with E-state index in [0.717, 1.165) is 68.3 Å². The largest absolute Gasteiger partial charge is 0.493 e. The standard InChI is InChI=1S/C29H30FN3O4.C24H25ClN2O4.C22H20ClFN2O3/c1-29(2,3)20-9-7-17(8-10-20)25-14-23-26(37-25)15-24(32(23)4)28(35)33-11-5-6-18-12-19(27(34)31-36)13-22(30)21(18)16-33;1-3-31-21-12-16(20(29)14-28)11-15-7-6-10-27(13-18(15)21)24(30)23-22(25)17-8-4-5-9-19(17)26(23)2;1-25-18-7-3-2-6-15(18)20(23)21(25)22(29)26-8-4-5-13-9-14(19(28)12-27)10-17(24)16(13)11-26/h7-10,12-15,36H,5-6,11,16H2,1-4H3,(H,31,34);4-5,8-9,11-12,28H,3,6-7,10,13-14H2,1-2H3;2-3,6-7,9-10,27H,4-5,8,11-12H2,1H3. The van der Waals surface area contributed by atoms with Crippen molar-refractivity contribution >= 4 is 91.3 Å². The minimum atomic E-state index is -0.769. The van der Waals surface area contributed by atoms with Crippen molar-refractivity contribution in [2.24, 2.45) is 21.1 Å². The Morgan fingerprint density at radius 1 is 0.567 bits per heavy atom. The minimum Gasteiger partial charge on any atom is -0.493 e. The van der Waals surface area contributed by atoms with Crippen molar-refractivity contribution in [3.63, 3.8) is 0 Å². The van der Waals surface area contributed by atoms with E-state index in [2.05, 4.69) is 32.9 Å². The molecule has 97 heavy (non-hydrogen) atoms. The van der Waals surface area contributed by atoms with Gasteiger partial charge in [-0.1, -0.05) is 105 Å². The molecule has 0 aliphatic carbocycles. The zero-order valence-electron chi connectivity index (χ0n) is 55.0. The minimum absolute atomic E-state index is 0.0465. The van der Waals surface area contributed by atoms with E-state index < -0.39 is 36.5 Å². The molecule has 0 unspecified atom stereocenters. The third kappa shape index (κ3) is 13.8. The number of benzene rings is 6. The molecule has 4 amide bonds. The zero-order chi connectivity index (χ0) is 69.3. The van der Waals surface area contributed by atoms with Gasteiger partial charge in [0.05, 0.1) is 22.2 Å². The smallest absolute Gasteiger partial charge is 0.274 e. The van der Waals surface area contributed by atoms with Gasteiger partial charge in [-0.2, -0.15) is 0 Å². The molecule has 0 fully saturated rings. The summed E-state index contributed by atoms with van der Waals surface area (Å²) in [5.74, 6) is -2.03. The van der Waals surface area contributed by atoms with Crippen LogP contribution in [-0.2, 0) is 65.5 Å². The molecule has 3 aliphatic rings. The van der Waals surface area contributed by atoms with Gasteiger partial charge in [0, 0.05) is 133 Å². The highest BCUT2D eigenvalue weighted by molar-refractivity contribution is 6.39. The number of aliphatic hydroxyl groups is 2. The molecule has 10 aromatic rings. The number of aryl methyl sites for hydroxylation is 6. The first-order valence-corrected chi connectivity index (χ1v) is 32.9. The number of para-hydroxylation sites is 2. The lowest BCUT2D eigenvalue weighted by atomic mass is 9.86. The van der Waals surface area contributed by atoms with Crippen LogP contribution >= 0.6 is 23.2 Å². The van der Waals surface area contributed by atoms with E-state index in [9.17, 15) is 42.7 Å². The van der Waals surface area contributed by atoms with Gasteiger partial charge in [-0.05, 0) is 122 Å². The Morgan fingerprint density at radius 3 is 1.48 bits per heavy atom. The molecule has 7 heterocycles. The van der Waals surface area contributed by atoms with Crippen molar-refractivity contribution in [1.82, 2.24) is 33.9 Å². The van der Waals surface area contributed by atoms with Crippen LogP contribution < -0.4 is 10.2 Å². The Labute approximate surface area is 569 Å². The number of hydroxylamine groups is 1. The number of carbonyl (C=O) groups excluding carboxylic acids is 6. The first kappa shape index (κ1) is 68.9. The van der Waals surface area contributed by atoms with Gasteiger partial charge in [-0.3, -0.25) is 34.0 Å². The number of nitrogens with one attached hydrogen (secondary N) is 1. The van der Waals surface area contributed by atoms with Gasteiger partial charge in [-0.25, -0.2) is 14.3 Å². The maximum atomic E-state index is 14.9. The molecule has 0 saturated carbocycles. The number of aliphatic hydroxyl groups excluding tert-OH is 2. The van der Waals surface area contributed by atoms with Gasteiger partial charge >= 0.3 is 0 Å². The number of Topliss-reactive ketones (excluding diaryl/α,β-unsaturated/α-hetero) is 2. The molecular weight excluding hydrogens is 1280 g/mol. The molecule has 0 atom stereocenters. The van der Waals surface area contributed by atoms with Crippen LogP contribution in [0, 0.1) is 11.6 Å². The van der Waals surface area contributed by atoms with Gasteiger partial charge in [0.1, 0.15) is 53.4 Å². The zero-order valence-corrected chi connectivity index (χ0v) is 56.5. The third-order valence-electron chi connectivity index (χ3n) is 18.5. The normalized spacial score (nSPS) is 13.9. The molecule has 13 rings (SSSR count). The molecular formula is C75H75Cl2F2N7O11. The Morgan fingerprint density at radius 2 is 1.02 bits per heavy atom. The highest BCUT2D eigenvalue weighted by Gasteiger charge is 2.32. The van der Waals surface area contributed by atoms with Crippen LogP contribution in [0.2, 0.25) is 10.0 Å². The Kier molecular flexibility index (Phi) is 20.4. The second-order valence-corrected chi connectivity index (χ2v) is 26.3. The highest BCUT2D eigenvalue weighted by atomic mass is 35.5. The number of fused-ring (bicyclic) bond motifs is 6. The Balaban J connectivity index is 0.000000149. The predicted octanol–water partition coefficient (Wildman–Crippen LogP) is 13.3. The third-order valence-corrected chi connectivity index (χ3v) is 19.2. The first-order chi connectivity index (χ1) is 46.4. The van der Waals surface area contributed by atoms with Crippen LogP contribution in [0.1, 0.15) is 148 Å². The summed E-state index contributed by atoms with van der Waals surface area (Å²) >= 11 is 13.1. The van der Waals surface area contributed by atoms with Crippen LogP contribution in [0.5, 0.6) is 5.75 Å². The molecule has 504 valence electrons. The summed E-state index contributed by atoms with van der Waals surface area (Å²) in [6, 6.07) is 36.1. The lowest BCUT2D eigenvalue weighted by molar-refractivity contribution is 0.0703. The number of ether oxygens (including phenoxy) is 1. The maximum Gasteiger partial charge on any atom is 0.274 e. The molecule has 4 aromatic heterocycles.